The zero-order valence-electron chi connectivity index (χ0n) is 13.7. The van der Waals surface area contributed by atoms with Crippen LogP contribution in [0, 0.1) is 0 Å². The Morgan fingerprint density at radius 1 is 0.810 bits per heavy atom. The molecule has 0 spiro atoms. The minimum atomic E-state index is -0.654. The van der Waals surface area contributed by atoms with E-state index in [-0.39, 0.29) is 0 Å². The summed E-state index contributed by atoms with van der Waals surface area (Å²) in [6.07, 6.45) is 5.39. The fraction of sp³-hybridized carbons (Fsp3) is 0.647. The Kier molecular flexibility index (Phi) is 8.00. The molecule has 0 aromatic heterocycles. The van der Waals surface area contributed by atoms with Gasteiger partial charge in [-0.15, -0.1) is 0 Å². The highest BCUT2D eigenvalue weighted by Crippen LogP contribution is 2.37. The first-order chi connectivity index (χ1) is 9.86. The van der Waals surface area contributed by atoms with E-state index in [2.05, 4.69) is 13.2 Å². The van der Waals surface area contributed by atoms with Gasteiger partial charge >= 0.3 is 11.9 Å². The smallest absolute Gasteiger partial charge is 0.330 e. The Labute approximate surface area is 128 Å². The molecule has 4 nitrogen and oxygen atoms in total. The van der Waals surface area contributed by atoms with Gasteiger partial charge < -0.3 is 9.47 Å². The molecule has 0 rings (SSSR count). The summed E-state index contributed by atoms with van der Waals surface area (Å²) in [5, 5.41) is 0. The van der Waals surface area contributed by atoms with Gasteiger partial charge in [0.2, 0.25) is 0 Å². The lowest BCUT2D eigenvalue weighted by Gasteiger charge is -2.41. The van der Waals surface area contributed by atoms with Crippen LogP contribution < -0.4 is 0 Å². The molecule has 0 bridgehead atoms. The summed E-state index contributed by atoms with van der Waals surface area (Å²) in [5.41, 5.74) is -1.31. The van der Waals surface area contributed by atoms with E-state index >= 15 is 0 Å². The van der Waals surface area contributed by atoms with Gasteiger partial charge in [0, 0.05) is 18.6 Å². The molecule has 120 valence electrons. The summed E-state index contributed by atoms with van der Waals surface area (Å²) in [5.74, 6) is -0.898. The Morgan fingerprint density at radius 3 is 1.29 bits per heavy atom. The molecule has 0 fully saturated rings. The molecule has 0 aliphatic heterocycles. The molecule has 0 atom stereocenters. The topological polar surface area (TPSA) is 52.6 Å². The number of esters is 2. The number of hydrogen-bond donors (Lipinski definition) is 0. The van der Waals surface area contributed by atoms with E-state index in [1.807, 2.05) is 27.7 Å². The van der Waals surface area contributed by atoms with Crippen molar-refractivity contribution in [2.75, 3.05) is 0 Å². The number of ether oxygens (including phenoxy) is 2. The zero-order valence-corrected chi connectivity index (χ0v) is 13.7. The van der Waals surface area contributed by atoms with Crippen molar-refractivity contribution in [2.45, 2.75) is 71.0 Å². The molecule has 0 aliphatic carbocycles. The molecule has 0 aromatic rings. The lowest BCUT2D eigenvalue weighted by Crippen LogP contribution is -2.45. The highest BCUT2D eigenvalue weighted by Gasteiger charge is 2.42. The molecule has 0 amide bonds. The Morgan fingerprint density at radius 2 is 1.10 bits per heavy atom. The van der Waals surface area contributed by atoms with E-state index in [1.54, 1.807) is 0 Å². The van der Waals surface area contributed by atoms with E-state index < -0.39 is 23.1 Å². The summed E-state index contributed by atoms with van der Waals surface area (Å²) in [4.78, 5) is 23.2. The second-order valence-electron chi connectivity index (χ2n) is 5.21. The largest absolute Gasteiger partial charge is 0.456 e. The molecule has 0 N–H and O–H groups in total. The molecular formula is C17H28O4. The van der Waals surface area contributed by atoms with E-state index in [9.17, 15) is 9.59 Å². The predicted octanol–water partition coefficient (Wildman–Crippen LogP) is 3.95. The standard InChI is InChI=1S/C17H28O4/c1-7-14(18)20-16(9-3,10-4)13-17(11-5,12-6)21-15(19)8-2/h7-8H,1-2,9-13H2,3-6H3. The first-order valence-electron chi connectivity index (χ1n) is 7.57. The molecule has 0 aliphatic rings. The van der Waals surface area contributed by atoms with Gasteiger partial charge in [-0.3, -0.25) is 0 Å². The monoisotopic (exact) mass is 296 g/mol. The van der Waals surface area contributed by atoms with Crippen molar-refractivity contribution in [1.82, 2.24) is 0 Å². The Hall–Kier alpha value is -1.58. The van der Waals surface area contributed by atoms with E-state index in [0.717, 1.165) is 12.2 Å². The average Bonchev–Trinajstić information content (AvgIpc) is 2.52. The van der Waals surface area contributed by atoms with Gasteiger partial charge in [-0.1, -0.05) is 40.9 Å². The van der Waals surface area contributed by atoms with Crippen LogP contribution in [0.4, 0.5) is 0 Å². The summed E-state index contributed by atoms with van der Waals surface area (Å²) in [6.45, 7) is 14.7. The fourth-order valence-electron chi connectivity index (χ4n) is 2.46. The highest BCUT2D eigenvalue weighted by molar-refractivity contribution is 5.82. The van der Waals surface area contributed by atoms with Gasteiger partial charge in [0.1, 0.15) is 11.2 Å². The maximum absolute atomic E-state index is 11.6. The van der Waals surface area contributed by atoms with Crippen molar-refractivity contribution in [3.63, 3.8) is 0 Å². The summed E-state index contributed by atoms with van der Waals surface area (Å²) >= 11 is 0. The quantitative estimate of drug-likeness (QED) is 0.452. The minimum Gasteiger partial charge on any atom is -0.456 e. The first-order valence-corrected chi connectivity index (χ1v) is 7.57. The van der Waals surface area contributed by atoms with Crippen LogP contribution in [-0.2, 0) is 19.1 Å². The van der Waals surface area contributed by atoms with Crippen LogP contribution in [0.5, 0.6) is 0 Å². The van der Waals surface area contributed by atoms with Crippen molar-refractivity contribution in [1.29, 1.82) is 0 Å². The molecule has 0 aromatic carbocycles. The first kappa shape index (κ1) is 19.4. The Bertz CT molecular complexity index is 340. The van der Waals surface area contributed by atoms with Crippen LogP contribution >= 0.6 is 0 Å². The summed E-state index contributed by atoms with van der Waals surface area (Å²) in [6, 6.07) is 0. The third kappa shape index (κ3) is 5.37. The van der Waals surface area contributed by atoms with Gasteiger partial charge in [-0.2, -0.15) is 0 Å². The molecule has 0 saturated heterocycles. The summed E-state index contributed by atoms with van der Waals surface area (Å²) in [7, 11) is 0. The fourth-order valence-corrected chi connectivity index (χ4v) is 2.46. The average molecular weight is 296 g/mol. The molecular weight excluding hydrogens is 268 g/mol. The van der Waals surface area contributed by atoms with Gasteiger partial charge in [0.25, 0.3) is 0 Å². The highest BCUT2D eigenvalue weighted by atomic mass is 16.6. The predicted molar refractivity (Wildman–Crippen MR) is 83.8 cm³/mol. The number of rotatable bonds is 10. The Balaban J connectivity index is 5.39. The van der Waals surface area contributed by atoms with E-state index in [0.29, 0.717) is 32.1 Å². The SMILES string of the molecule is C=CC(=O)OC(CC)(CC)CC(CC)(CC)OC(=O)C=C. The molecule has 0 saturated carbocycles. The van der Waals surface area contributed by atoms with Crippen molar-refractivity contribution < 1.29 is 19.1 Å². The van der Waals surface area contributed by atoms with Gasteiger partial charge in [-0.25, -0.2) is 9.59 Å². The number of hydrogen-bond acceptors (Lipinski definition) is 4. The molecule has 4 heteroatoms. The molecule has 21 heavy (non-hydrogen) atoms. The van der Waals surface area contributed by atoms with Crippen LogP contribution in [0.3, 0.4) is 0 Å². The van der Waals surface area contributed by atoms with Crippen molar-refractivity contribution in [2.24, 2.45) is 0 Å². The number of carbonyl (C=O) groups is 2. The van der Waals surface area contributed by atoms with Crippen molar-refractivity contribution in [3.05, 3.63) is 25.3 Å². The zero-order chi connectivity index (χ0) is 16.5. The lowest BCUT2D eigenvalue weighted by molar-refractivity contribution is -0.173. The van der Waals surface area contributed by atoms with Crippen LogP contribution in [-0.4, -0.2) is 23.1 Å². The van der Waals surface area contributed by atoms with Crippen LogP contribution in [0.15, 0.2) is 25.3 Å². The summed E-state index contributed by atoms with van der Waals surface area (Å²) < 4.78 is 11.2. The maximum Gasteiger partial charge on any atom is 0.330 e. The minimum absolute atomic E-state index is 0.449. The molecule has 0 radical (unpaired) electrons. The van der Waals surface area contributed by atoms with Gasteiger partial charge in [0.05, 0.1) is 0 Å². The van der Waals surface area contributed by atoms with Crippen molar-refractivity contribution >= 4 is 11.9 Å². The van der Waals surface area contributed by atoms with Gasteiger partial charge in [-0.05, 0) is 25.7 Å². The van der Waals surface area contributed by atoms with Crippen LogP contribution in [0.1, 0.15) is 59.8 Å². The normalized spacial score (nSPS) is 11.6. The lowest BCUT2D eigenvalue weighted by atomic mass is 9.80. The van der Waals surface area contributed by atoms with Crippen molar-refractivity contribution in [3.8, 4) is 0 Å². The van der Waals surface area contributed by atoms with E-state index in [4.69, 9.17) is 9.47 Å². The second kappa shape index (κ2) is 8.65. The third-order valence-electron chi connectivity index (χ3n) is 4.19. The van der Waals surface area contributed by atoms with Crippen LogP contribution in [0.2, 0.25) is 0 Å². The van der Waals surface area contributed by atoms with Gasteiger partial charge in [0.15, 0.2) is 0 Å². The maximum atomic E-state index is 11.6. The third-order valence-corrected chi connectivity index (χ3v) is 4.19. The van der Waals surface area contributed by atoms with E-state index in [1.165, 1.54) is 0 Å². The van der Waals surface area contributed by atoms with Crippen LogP contribution in [0.25, 0.3) is 0 Å². The second-order valence-corrected chi connectivity index (χ2v) is 5.21. The molecule has 0 unspecified atom stereocenters. The number of carbonyl (C=O) groups excluding carboxylic acids is 2. The molecule has 0 heterocycles.